The van der Waals surface area contributed by atoms with Gasteiger partial charge in [-0.15, -0.1) is 0 Å². The van der Waals surface area contributed by atoms with Gasteiger partial charge in [-0.1, -0.05) is 0 Å². The van der Waals surface area contributed by atoms with Crippen molar-refractivity contribution in [2.75, 3.05) is 0 Å². The van der Waals surface area contributed by atoms with Gasteiger partial charge in [-0.05, 0) is 35.4 Å². The Morgan fingerprint density at radius 1 is 0.806 bits per heavy atom. The number of hydrogen-bond acceptors (Lipinski definition) is 7. The number of amides is 2. The van der Waals surface area contributed by atoms with E-state index in [-0.39, 0.29) is 28.0 Å². The smallest absolute Gasteiger partial charge is 0.276 e. The summed E-state index contributed by atoms with van der Waals surface area (Å²) in [6.07, 6.45) is 0. The minimum absolute atomic E-state index is 0.0310. The summed E-state index contributed by atoms with van der Waals surface area (Å²) in [6, 6.07) is 9.05. The Morgan fingerprint density at radius 3 is 2.10 bits per heavy atom. The Bertz CT molecular complexity index is 1490. The zero-order valence-corrected chi connectivity index (χ0v) is 15.3. The molecule has 0 radical (unpaired) electrons. The fourth-order valence-electron chi connectivity index (χ4n) is 3.93. The minimum Gasteiger partial charge on any atom is -0.508 e. The van der Waals surface area contributed by atoms with Gasteiger partial charge in [-0.25, -0.2) is 0 Å². The number of benzene rings is 3. The van der Waals surface area contributed by atoms with Crippen LogP contribution in [-0.2, 0) is 0 Å². The molecule has 0 unspecified atom stereocenters. The number of phenolic OH excluding ortho intramolecular Hbond substituents is 1. The molecule has 0 spiro atoms. The lowest BCUT2D eigenvalue weighted by Gasteiger charge is -2.08. The Kier molecular flexibility index (Phi) is 3.59. The second-order valence-electron chi connectivity index (χ2n) is 6.99. The van der Waals surface area contributed by atoms with E-state index >= 15 is 0 Å². The third-order valence-corrected chi connectivity index (χ3v) is 5.19. The first-order chi connectivity index (χ1) is 14.7. The largest absolute Gasteiger partial charge is 0.508 e. The number of aromatic amines is 1. The molecule has 0 aliphatic carbocycles. The number of aromatic hydroxyl groups is 1. The van der Waals surface area contributed by atoms with E-state index in [1.165, 1.54) is 18.2 Å². The van der Waals surface area contributed by atoms with Crippen LogP contribution in [0.4, 0.5) is 11.4 Å². The zero-order chi connectivity index (χ0) is 22.0. The molecule has 0 fully saturated rings. The molecular weight excluding hydrogens is 408 g/mol. The summed E-state index contributed by atoms with van der Waals surface area (Å²) in [6.45, 7) is 0. The molecule has 1 aromatic heterocycles. The Morgan fingerprint density at radius 2 is 1.45 bits per heavy atom. The quantitative estimate of drug-likeness (QED) is 0.260. The number of nitrogens with one attached hydrogen (secondary N) is 2. The highest BCUT2D eigenvalue weighted by atomic mass is 16.6. The van der Waals surface area contributed by atoms with Crippen molar-refractivity contribution in [3.63, 3.8) is 0 Å². The highest BCUT2D eigenvalue weighted by Crippen LogP contribution is 2.41. The highest BCUT2D eigenvalue weighted by Gasteiger charge is 2.34. The lowest BCUT2D eigenvalue weighted by atomic mass is 9.92. The van der Waals surface area contributed by atoms with E-state index in [1.807, 2.05) is 0 Å². The van der Waals surface area contributed by atoms with Crippen LogP contribution in [0.1, 0.15) is 20.7 Å². The van der Waals surface area contributed by atoms with Crippen molar-refractivity contribution in [2.45, 2.75) is 0 Å². The summed E-state index contributed by atoms with van der Waals surface area (Å²) in [5.41, 5.74) is 0.130. The van der Waals surface area contributed by atoms with Gasteiger partial charge < -0.3 is 10.1 Å². The number of nitro benzene ring substituents is 2. The maximum Gasteiger partial charge on any atom is 0.276 e. The number of phenols is 1. The molecule has 4 aromatic rings. The number of rotatable bonds is 3. The van der Waals surface area contributed by atoms with Crippen molar-refractivity contribution >= 4 is 45.0 Å². The molecule has 0 bridgehead atoms. The Hall–Kier alpha value is -4.80. The van der Waals surface area contributed by atoms with Crippen LogP contribution >= 0.6 is 0 Å². The predicted octanol–water partition coefficient (Wildman–Crippen LogP) is 3.39. The molecule has 0 saturated carbocycles. The minimum atomic E-state index is -0.772. The fourth-order valence-corrected chi connectivity index (χ4v) is 3.93. The number of non-ortho nitro benzene ring substituents is 2. The lowest BCUT2D eigenvalue weighted by molar-refractivity contribution is -0.394. The second-order valence-corrected chi connectivity index (χ2v) is 6.99. The van der Waals surface area contributed by atoms with Crippen LogP contribution < -0.4 is 5.32 Å². The van der Waals surface area contributed by atoms with Crippen LogP contribution in [-0.4, -0.2) is 31.8 Å². The first-order valence-electron chi connectivity index (χ1n) is 8.86. The molecular formula is C20H10N4O7. The van der Waals surface area contributed by atoms with Crippen molar-refractivity contribution < 1.29 is 24.5 Å². The summed E-state index contributed by atoms with van der Waals surface area (Å²) >= 11 is 0. The van der Waals surface area contributed by atoms with E-state index in [0.29, 0.717) is 21.8 Å². The Labute approximate surface area is 171 Å². The van der Waals surface area contributed by atoms with Crippen molar-refractivity contribution in [3.8, 4) is 16.9 Å². The molecule has 11 nitrogen and oxygen atoms in total. The van der Waals surface area contributed by atoms with Gasteiger partial charge in [-0.3, -0.25) is 35.1 Å². The van der Waals surface area contributed by atoms with Gasteiger partial charge >= 0.3 is 0 Å². The average molecular weight is 418 g/mol. The molecule has 2 amide bonds. The van der Waals surface area contributed by atoms with Crippen molar-refractivity contribution in [1.82, 2.24) is 10.3 Å². The van der Waals surface area contributed by atoms with Crippen LogP contribution in [0, 0.1) is 20.2 Å². The van der Waals surface area contributed by atoms with E-state index in [0.717, 1.165) is 18.2 Å². The summed E-state index contributed by atoms with van der Waals surface area (Å²) < 4.78 is 0. The summed E-state index contributed by atoms with van der Waals surface area (Å²) in [5.74, 6) is -1.43. The van der Waals surface area contributed by atoms with Crippen LogP contribution in [0.25, 0.3) is 32.9 Å². The monoisotopic (exact) mass is 418 g/mol. The maximum atomic E-state index is 12.6. The third-order valence-electron chi connectivity index (χ3n) is 5.19. The molecule has 1 aliphatic rings. The summed E-state index contributed by atoms with van der Waals surface area (Å²) in [4.78, 5) is 49.4. The molecule has 3 N–H and O–H groups in total. The van der Waals surface area contributed by atoms with E-state index < -0.39 is 33.0 Å². The number of H-pyrrole nitrogens is 1. The number of imide groups is 1. The van der Waals surface area contributed by atoms with E-state index in [4.69, 9.17) is 0 Å². The van der Waals surface area contributed by atoms with Gasteiger partial charge in [0.15, 0.2) is 0 Å². The number of nitrogens with zero attached hydrogens (tertiary/aromatic N) is 2. The molecule has 3 aromatic carbocycles. The number of carbonyl (C=O) groups is 2. The zero-order valence-electron chi connectivity index (χ0n) is 15.3. The second kappa shape index (κ2) is 6.10. The topological polar surface area (TPSA) is 168 Å². The summed E-state index contributed by atoms with van der Waals surface area (Å²) in [7, 11) is 0. The molecule has 31 heavy (non-hydrogen) atoms. The van der Waals surface area contributed by atoms with Gasteiger partial charge in [0, 0.05) is 33.9 Å². The average Bonchev–Trinajstić information content (AvgIpc) is 3.23. The predicted molar refractivity (Wildman–Crippen MR) is 108 cm³/mol. The first kappa shape index (κ1) is 18.2. The van der Waals surface area contributed by atoms with Gasteiger partial charge in [0.2, 0.25) is 0 Å². The summed E-state index contributed by atoms with van der Waals surface area (Å²) in [5, 5.41) is 35.6. The number of fused-ring (bicyclic) bond motifs is 5. The van der Waals surface area contributed by atoms with Gasteiger partial charge in [-0.2, -0.15) is 0 Å². The number of hydrogen-bond donors (Lipinski definition) is 3. The molecule has 0 atom stereocenters. The third kappa shape index (κ3) is 2.60. The van der Waals surface area contributed by atoms with Crippen LogP contribution in [0.2, 0.25) is 0 Å². The standard InChI is InChI=1S/C20H10N4O7/c25-11-1-2-14-13(6-11)16-15(21-14)7-12(17-18(16)20(27)22-19(17)26)8-3-9(23(28)29)5-10(4-8)24(30)31/h1-7,21,25H,(H,22,26,27). The van der Waals surface area contributed by atoms with E-state index in [2.05, 4.69) is 10.3 Å². The van der Waals surface area contributed by atoms with Crippen LogP contribution in [0.15, 0.2) is 42.5 Å². The first-order valence-corrected chi connectivity index (χ1v) is 8.86. The number of aromatic nitrogens is 1. The van der Waals surface area contributed by atoms with Crippen molar-refractivity contribution in [1.29, 1.82) is 0 Å². The molecule has 2 heterocycles. The molecule has 0 saturated heterocycles. The maximum absolute atomic E-state index is 12.6. The van der Waals surface area contributed by atoms with E-state index in [1.54, 1.807) is 6.07 Å². The number of carbonyl (C=O) groups excluding carboxylic acids is 2. The Balaban J connectivity index is 1.92. The highest BCUT2D eigenvalue weighted by molar-refractivity contribution is 6.32. The van der Waals surface area contributed by atoms with Crippen molar-refractivity contribution in [2.24, 2.45) is 0 Å². The molecule has 152 valence electrons. The lowest BCUT2D eigenvalue weighted by Crippen LogP contribution is -2.20. The molecule has 1 aliphatic heterocycles. The normalized spacial score (nSPS) is 12.9. The van der Waals surface area contributed by atoms with Gasteiger partial charge in [0.25, 0.3) is 23.2 Å². The van der Waals surface area contributed by atoms with Gasteiger partial charge in [0.05, 0.1) is 27.0 Å². The molecule has 5 rings (SSSR count). The SMILES string of the molecule is O=C1NC(=O)c2c1c(-c1cc([N+](=O)[O-])cc([N+](=O)[O-])c1)cc1[nH]c3ccc(O)cc3c21. The fraction of sp³-hybridized carbons (Fsp3) is 0. The van der Waals surface area contributed by atoms with E-state index in [9.17, 15) is 34.9 Å². The van der Waals surface area contributed by atoms with Crippen molar-refractivity contribution in [3.05, 3.63) is 73.8 Å². The van der Waals surface area contributed by atoms with Crippen LogP contribution in [0.5, 0.6) is 5.75 Å². The number of nitro groups is 2. The molecule has 11 heteroatoms. The van der Waals surface area contributed by atoms with Gasteiger partial charge in [0.1, 0.15) is 5.75 Å². The van der Waals surface area contributed by atoms with Crippen LogP contribution in [0.3, 0.4) is 0 Å².